The highest BCUT2D eigenvalue weighted by Gasteiger charge is 2.21. The molecule has 1 N–H and O–H groups in total. The molecule has 0 aliphatic rings. The van der Waals surface area contributed by atoms with Crippen molar-refractivity contribution in [3.8, 4) is 22.9 Å². The third-order valence-corrected chi connectivity index (χ3v) is 3.39. The van der Waals surface area contributed by atoms with E-state index in [1.54, 1.807) is 29.6 Å². The van der Waals surface area contributed by atoms with Gasteiger partial charge in [0.05, 0.1) is 12.7 Å². The summed E-state index contributed by atoms with van der Waals surface area (Å²) < 4.78 is 5.21. The zero-order valence-electron chi connectivity index (χ0n) is 9.51. The third kappa shape index (κ3) is 1.94. The lowest BCUT2D eigenvalue weighted by Gasteiger charge is -2.07. The highest BCUT2D eigenvalue weighted by molar-refractivity contribution is 7.11. The molecule has 18 heavy (non-hydrogen) atoms. The fourth-order valence-electron chi connectivity index (χ4n) is 1.72. The molecular formula is C13H9NO3S. The standard InChI is InChI=1S/C13H9NO3S/c1-17-10-5-3-2-4-8(10)9-7-18-11(6-14)12(9)13(15)16/h2-5,7H,1H3,(H,15,16). The van der Waals surface area contributed by atoms with Gasteiger partial charge in [-0.15, -0.1) is 11.3 Å². The van der Waals surface area contributed by atoms with Crippen molar-refractivity contribution in [3.63, 3.8) is 0 Å². The van der Waals surface area contributed by atoms with Crippen LogP contribution in [0.5, 0.6) is 5.75 Å². The summed E-state index contributed by atoms with van der Waals surface area (Å²) >= 11 is 1.12. The molecule has 0 saturated heterocycles. The molecule has 0 aliphatic carbocycles. The number of thiophene rings is 1. The molecule has 2 rings (SSSR count). The first-order valence-electron chi connectivity index (χ1n) is 5.07. The Morgan fingerprint density at radius 3 is 2.72 bits per heavy atom. The number of ether oxygens (including phenoxy) is 1. The van der Waals surface area contributed by atoms with Crippen molar-refractivity contribution in [1.82, 2.24) is 0 Å². The first-order chi connectivity index (χ1) is 8.69. The summed E-state index contributed by atoms with van der Waals surface area (Å²) in [4.78, 5) is 11.4. The van der Waals surface area contributed by atoms with E-state index in [4.69, 9.17) is 10.00 Å². The lowest BCUT2D eigenvalue weighted by atomic mass is 10.0. The summed E-state index contributed by atoms with van der Waals surface area (Å²) in [5.74, 6) is -0.518. The van der Waals surface area contributed by atoms with Crippen LogP contribution in [0.2, 0.25) is 0 Å². The molecule has 1 heterocycles. The fourth-order valence-corrected chi connectivity index (χ4v) is 2.57. The maximum absolute atomic E-state index is 11.3. The molecule has 2 aromatic rings. The zero-order chi connectivity index (χ0) is 13.1. The van der Waals surface area contributed by atoms with Gasteiger partial charge in [-0.3, -0.25) is 0 Å². The number of nitrogens with zero attached hydrogens (tertiary/aromatic N) is 1. The predicted octanol–water partition coefficient (Wildman–Crippen LogP) is 2.99. The molecule has 5 heteroatoms. The van der Waals surface area contributed by atoms with E-state index < -0.39 is 5.97 Å². The van der Waals surface area contributed by atoms with Crippen LogP contribution in [0.25, 0.3) is 11.1 Å². The first kappa shape index (κ1) is 12.1. The summed E-state index contributed by atoms with van der Waals surface area (Å²) in [5.41, 5.74) is 1.23. The number of hydrogen-bond donors (Lipinski definition) is 1. The summed E-state index contributed by atoms with van der Waals surface area (Å²) in [5, 5.41) is 19.8. The van der Waals surface area contributed by atoms with E-state index >= 15 is 0 Å². The fraction of sp³-hybridized carbons (Fsp3) is 0.0769. The van der Waals surface area contributed by atoms with E-state index in [9.17, 15) is 9.90 Å². The summed E-state index contributed by atoms with van der Waals surface area (Å²) in [7, 11) is 1.52. The van der Waals surface area contributed by atoms with E-state index in [2.05, 4.69) is 0 Å². The first-order valence-corrected chi connectivity index (χ1v) is 5.95. The number of rotatable bonds is 3. The Balaban J connectivity index is 2.69. The van der Waals surface area contributed by atoms with E-state index in [0.29, 0.717) is 16.9 Å². The second-order valence-electron chi connectivity index (χ2n) is 3.47. The average Bonchev–Trinajstić information content (AvgIpc) is 2.82. The summed E-state index contributed by atoms with van der Waals surface area (Å²) in [6.07, 6.45) is 0. The zero-order valence-corrected chi connectivity index (χ0v) is 10.3. The largest absolute Gasteiger partial charge is 0.496 e. The normalized spacial score (nSPS) is 9.78. The number of methoxy groups -OCH3 is 1. The van der Waals surface area contributed by atoms with Gasteiger partial charge in [0.2, 0.25) is 0 Å². The molecule has 0 amide bonds. The smallest absolute Gasteiger partial charge is 0.338 e. The van der Waals surface area contributed by atoms with Crippen molar-refractivity contribution in [1.29, 1.82) is 5.26 Å². The number of carbonyl (C=O) groups is 1. The van der Waals surface area contributed by atoms with E-state index in [-0.39, 0.29) is 10.4 Å². The number of carboxylic acid groups (broad SMARTS) is 1. The number of aromatic carboxylic acids is 1. The number of para-hydroxylation sites is 1. The van der Waals surface area contributed by atoms with Gasteiger partial charge in [-0.05, 0) is 6.07 Å². The number of benzene rings is 1. The molecule has 0 unspecified atom stereocenters. The summed E-state index contributed by atoms with van der Waals surface area (Å²) in [6, 6.07) is 9.03. The molecule has 0 fully saturated rings. The minimum atomic E-state index is -1.10. The van der Waals surface area contributed by atoms with Gasteiger partial charge in [0.25, 0.3) is 0 Å². The van der Waals surface area contributed by atoms with Crippen molar-refractivity contribution < 1.29 is 14.6 Å². The van der Waals surface area contributed by atoms with E-state index in [1.807, 2.05) is 6.07 Å². The van der Waals surface area contributed by atoms with Gasteiger partial charge in [-0.2, -0.15) is 5.26 Å². The van der Waals surface area contributed by atoms with Crippen LogP contribution in [-0.4, -0.2) is 18.2 Å². The Kier molecular flexibility index (Phi) is 3.31. The Morgan fingerprint density at radius 1 is 1.39 bits per heavy atom. The second kappa shape index (κ2) is 4.90. The van der Waals surface area contributed by atoms with Gasteiger partial charge in [0, 0.05) is 16.5 Å². The SMILES string of the molecule is COc1ccccc1-c1csc(C#N)c1C(=O)O. The molecule has 4 nitrogen and oxygen atoms in total. The lowest BCUT2D eigenvalue weighted by Crippen LogP contribution is -1.99. The van der Waals surface area contributed by atoms with Crippen LogP contribution >= 0.6 is 11.3 Å². The highest BCUT2D eigenvalue weighted by Crippen LogP contribution is 2.36. The van der Waals surface area contributed by atoms with Gasteiger partial charge >= 0.3 is 5.97 Å². The van der Waals surface area contributed by atoms with E-state index in [0.717, 1.165) is 11.3 Å². The monoisotopic (exact) mass is 259 g/mol. The maximum atomic E-state index is 11.3. The summed E-state index contributed by atoms with van der Waals surface area (Å²) in [6.45, 7) is 0. The van der Waals surface area contributed by atoms with Crippen LogP contribution in [0.15, 0.2) is 29.6 Å². The van der Waals surface area contributed by atoms with Crippen LogP contribution in [0.3, 0.4) is 0 Å². The molecular weight excluding hydrogens is 250 g/mol. The maximum Gasteiger partial charge on any atom is 0.338 e. The van der Waals surface area contributed by atoms with Crippen molar-refractivity contribution in [3.05, 3.63) is 40.1 Å². The average molecular weight is 259 g/mol. The van der Waals surface area contributed by atoms with Crippen molar-refractivity contribution in [2.45, 2.75) is 0 Å². The predicted molar refractivity (Wildman–Crippen MR) is 68.0 cm³/mol. The number of nitriles is 1. The van der Waals surface area contributed by atoms with Crippen LogP contribution in [-0.2, 0) is 0 Å². The molecule has 0 radical (unpaired) electrons. The molecule has 0 atom stereocenters. The second-order valence-corrected chi connectivity index (χ2v) is 4.35. The number of hydrogen-bond acceptors (Lipinski definition) is 4. The van der Waals surface area contributed by atoms with Gasteiger partial charge in [0.1, 0.15) is 16.7 Å². The van der Waals surface area contributed by atoms with Crippen molar-refractivity contribution in [2.24, 2.45) is 0 Å². The Labute approximate surface area is 108 Å². The third-order valence-electron chi connectivity index (χ3n) is 2.50. The quantitative estimate of drug-likeness (QED) is 0.919. The Hall–Kier alpha value is -2.32. The van der Waals surface area contributed by atoms with Gasteiger partial charge < -0.3 is 9.84 Å². The van der Waals surface area contributed by atoms with Crippen LogP contribution in [0.4, 0.5) is 0 Å². The van der Waals surface area contributed by atoms with Crippen LogP contribution < -0.4 is 4.74 Å². The molecule has 0 aliphatic heterocycles. The van der Waals surface area contributed by atoms with Gasteiger partial charge in [-0.25, -0.2) is 4.79 Å². The molecule has 0 spiro atoms. The van der Waals surface area contributed by atoms with Gasteiger partial charge in [-0.1, -0.05) is 18.2 Å². The van der Waals surface area contributed by atoms with Gasteiger partial charge in [0.15, 0.2) is 0 Å². The van der Waals surface area contributed by atoms with Crippen LogP contribution in [0.1, 0.15) is 15.2 Å². The molecule has 90 valence electrons. The van der Waals surface area contributed by atoms with Crippen LogP contribution in [0, 0.1) is 11.3 Å². The molecule has 0 saturated carbocycles. The minimum Gasteiger partial charge on any atom is -0.496 e. The molecule has 0 bridgehead atoms. The molecule has 1 aromatic carbocycles. The Bertz CT molecular complexity index is 640. The number of carboxylic acids is 1. The van der Waals surface area contributed by atoms with Crippen molar-refractivity contribution in [2.75, 3.05) is 7.11 Å². The van der Waals surface area contributed by atoms with Crippen molar-refractivity contribution >= 4 is 17.3 Å². The minimum absolute atomic E-state index is 0.0343. The molecule has 1 aromatic heterocycles. The topological polar surface area (TPSA) is 70.3 Å². The highest BCUT2D eigenvalue weighted by atomic mass is 32.1. The lowest BCUT2D eigenvalue weighted by molar-refractivity contribution is 0.0698. The Morgan fingerprint density at radius 2 is 2.11 bits per heavy atom. The van der Waals surface area contributed by atoms with E-state index in [1.165, 1.54) is 7.11 Å².